The Hall–Kier alpha value is -3.07. The Morgan fingerprint density at radius 1 is 1.25 bits per heavy atom. The molecule has 28 heavy (non-hydrogen) atoms. The van der Waals surface area contributed by atoms with Crippen molar-refractivity contribution in [2.75, 3.05) is 23.9 Å². The van der Waals surface area contributed by atoms with Crippen molar-refractivity contribution in [1.29, 1.82) is 0 Å². The van der Waals surface area contributed by atoms with E-state index >= 15 is 0 Å². The first-order valence-corrected chi connectivity index (χ1v) is 8.57. The minimum atomic E-state index is -0.772. The number of aromatic nitrogens is 3. The molecule has 3 aromatic rings. The Kier molecular flexibility index (Phi) is 5.03. The zero-order chi connectivity index (χ0) is 20.6. The predicted octanol–water partition coefficient (Wildman–Crippen LogP) is 2.56. The van der Waals surface area contributed by atoms with E-state index < -0.39 is 22.7 Å². The molecule has 2 heterocycles. The van der Waals surface area contributed by atoms with Crippen molar-refractivity contribution in [3.05, 3.63) is 52.5 Å². The van der Waals surface area contributed by atoms with E-state index in [2.05, 4.69) is 15.3 Å². The molecule has 2 aromatic heterocycles. The van der Waals surface area contributed by atoms with Crippen LogP contribution in [-0.2, 0) is 7.05 Å². The lowest BCUT2D eigenvalue weighted by atomic mass is 10.1. The van der Waals surface area contributed by atoms with Gasteiger partial charge in [-0.05, 0) is 32.0 Å². The standard InChI is InChI=1S/C19H21F2N5O2/c1-19(2,10-27)24-18-22-9-11-7-15(17(28)26(4)16(11)23-18)25(3)14-6-5-12(20)8-13(14)21/h5-9,27H,10H2,1-4H3,(H,22,23,24). The molecule has 0 fully saturated rings. The summed E-state index contributed by atoms with van der Waals surface area (Å²) in [6, 6.07) is 4.72. The third kappa shape index (κ3) is 3.65. The third-order valence-electron chi connectivity index (χ3n) is 4.41. The average Bonchev–Trinajstić information content (AvgIpc) is 2.64. The molecule has 3 rings (SSSR count). The molecular formula is C19H21F2N5O2. The fourth-order valence-corrected chi connectivity index (χ4v) is 2.76. The summed E-state index contributed by atoms with van der Waals surface area (Å²) in [5.41, 5.74) is -0.382. The maximum atomic E-state index is 14.1. The van der Waals surface area contributed by atoms with Crippen LogP contribution in [0.15, 0.2) is 35.3 Å². The molecule has 0 aliphatic rings. The molecule has 1 aromatic carbocycles. The van der Waals surface area contributed by atoms with Crippen LogP contribution in [0.25, 0.3) is 11.0 Å². The van der Waals surface area contributed by atoms with Gasteiger partial charge in [0.1, 0.15) is 23.0 Å². The van der Waals surface area contributed by atoms with Crippen molar-refractivity contribution in [2.45, 2.75) is 19.4 Å². The van der Waals surface area contributed by atoms with Crippen LogP contribution in [0.2, 0.25) is 0 Å². The normalized spacial score (nSPS) is 11.7. The molecule has 0 amide bonds. The van der Waals surface area contributed by atoms with Crippen LogP contribution in [0.1, 0.15) is 13.8 Å². The number of halogens is 2. The van der Waals surface area contributed by atoms with E-state index in [-0.39, 0.29) is 23.9 Å². The number of aryl methyl sites for hydroxylation is 1. The highest BCUT2D eigenvalue weighted by Gasteiger charge is 2.19. The molecule has 0 aliphatic heterocycles. The second kappa shape index (κ2) is 7.16. The van der Waals surface area contributed by atoms with E-state index in [0.29, 0.717) is 11.0 Å². The number of nitrogens with zero attached hydrogens (tertiary/aromatic N) is 4. The van der Waals surface area contributed by atoms with Crippen molar-refractivity contribution in [3.63, 3.8) is 0 Å². The first-order valence-electron chi connectivity index (χ1n) is 8.57. The van der Waals surface area contributed by atoms with Gasteiger partial charge < -0.3 is 15.3 Å². The quantitative estimate of drug-likeness (QED) is 0.698. The lowest BCUT2D eigenvalue weighted by Crippen LogP contribution is -2.35. The molecule has 9 heteroatoms. The van der Waals surface area contributed by atoms with E-state index in [9.17, 15) is 18.7 Å². The second-order valence-corrected chi connectivity index (χ2v) is 7.19. The molecule has 0 saturated heterocycles. The van der Waals surface area contributed by atoms with E-state index in [1.165, 1.54) is 28.8 Å². The lowest BCUT2D eigenvalue weighted by molar-refractivity contribution is 0.233. The van der Waals surface area contributed by atoms with Crippen molar-refractivity contribution < 1.29 is 13.9 Å². The van der Waals surface area contributed by atoms with Crippen molar-refractivity contribution in [1.82, 2.24) is 14.5 Å². The van der Waals surface area contributed by atoms with Crippen molar-refractivity contribution in [3.8, 4) is 0 Å². The average molecular weight is 389 g/mol. The smallest absolute Gasteiger partial charge is 0.275 e. The maximum Gasteiger partial charge on any atom is 0.275 e. The van der Waals surface area contributed by atoms with Crippen LogP contribution in [0, 0.1) is 11.6 Å². The summed E-state index contributed by atoms with van der Waals surface area (Å²) < 4.78 is 28.7. The molecule has 0 radical (unpaired) electrons. The second-order valence-electron chi connectivity index (χ2n) is 7.19. The van der Waals surface area contributed by atoms with E-state index in [1.54, 1.807) is 27.0 Å². The van der Waals surface area contributed by atoms with Crippen LogP contribution in [0.4, 0.5) is 26.1 Å². The highest BCUT2D eigenvalue weighted by Crippen LogP contribution is 2.26. The van der Waals surface area contributed by atoms with E-state index in [4.69, 9.17) is 0 Å². The Morgan fingerprint density at radius 3 is 2.61 bits per heavy atom. The topological polar surface area (TPSA) is 83.3 Å². The zero-order valence-corrected chi connectivity index (χ0v) is 16.0. The number of hydrogen-bond donors (Lipinski definition) is 2. The number of hydrogen-bond acceptors (Lipinski definition) is 6. The monoisotopic (exact) mass is 389 g/mol. The minimum absolute atomic E-state index is 0.0711. The zero-order valence-electron chi connectivity index (χ0n) is 16.0. The number of pyridine rings is 1. The molecule has 0 saturated carbocycles. The Labute approximate surface area is 160 Å². The summed E-state index contributed by atoms with van der Waals surface area (Å²) in [7, 11) is 3.08. The Bertz CT molecular complexity index is 1100. The van der Waals surface area contributed by atoms with Gasteiger partial charge in [-0.25, -0.2) is 13.8 Å². The number of nitrogens with one attached hydrogen (secondary N) is 1. The summed E-state index contributed by atoms with van der Waals surface area (Å²) in [5, 5.41) is 12.9. The molecule has 2 N–H and O–H groups in total. The summed E-state index contributed by atoms with van der Waals surface area (Å²) in [6.45, 7) is 3.45. The van der Waals surface area contributed by atoms with Gasteiger partial charge in [0.25, 0.3) is 5.56 Å². The number of fused-ring (bicyclic) bond motifs is 1. The lowest BCUT2D eigenvalue weighted by Gasteiger charge is -2.24. The van der Waals surface area contributed by atoms with Crippen LogP contribution in [-0.4, -0.2) is 38.8 Å². The van der Waals surface area contributed by atoms with Crippen LogP contribution >= 0.6 is 0 Å². The molecule has 0 aliphatic carbocycles. The summed E-state index contributed by atoms with van der Waals surface area (Å²) >= 11 is 0. The molecular weight excluding hydrogens is 368 g/mol. The molecule has 0 bridgehead atoms. The van der Waals surface area contributed by atoms with Gasteiger partial charge in [0, 0.05) is 31.7 Å². The first kappa shape index (κ1) is 19.7. The predicted molar refractivity (Wildman–Crippen MR) is 104 cm³/mol. The van der Waals surface area contributed by atoms with Gasteiger partial charge in [0.05, 0.1) is 17.8 Å². The van der Waals surface area contributed by atoms with Crippen LogP contribution in [0.5, 0.6) is 0 Å². The van der Waals surface area contributed by atoms with Crippen LogP contribution < -0.4 is 15.8 Å². The summed E-state index contributed by atoms with van der Waals surface area (Å²) in [4.78, 5) is 22.8. The third-order valence-corrected chi connectivity index (χ3v) is 4.41. The van der Waals surface area contributed by atoms with Crippen molar-refractivity contribution >= 4 is 28.4 Å². The summed E-state index contributed by atoms with van der Waals surface area (Å²) in [6.07, 6.45) is 1.54. The first-order chi connectivity index (χ1) is 13.1. The number of aliphatic hydroxyl groups is 1. The number of aliphatic hydroxyl groups excluding tert-OH is 1. The molecule has 7 nitrogen and oxygen atoms in total. The molecule has 148 valence electrons. The maximum absolute atomic E-state index is 14.1. The largest absolute Gasteiger partial charge is 0.394 e. The highest BCUT2D eigenvalue weighted by molar-refractivity contribution is 5.80. The highest BCUT2D eigenvalue weighted by atomic mass is 19.1. The van der Waals surface area contributed by atoms with Gasteiger partial charge in [-0.3, -0.25) is 9.36 Å². The summed E-state index contributed by atoms with van der Waals surface area (Å²) in [5.74, 6) is -1.20. The molecule has 0 unspecified atom stereocenters. The van der Waals surface area contributed by atoms with E-state index in [0.717, 1.165) is 12.1 Å². The molecule has 0 atom stereocenters. The number of benzene rings is 1. The fourth-order valence-electron chi connectivity index (χ4n) is 2.76. The van der Waals surface area contributed by atoms with Gasteiger partial charge in [-0.1, -0.05) is 0 Å². The Morgan fingerprint density at radius 2 is 1.96 bits per heavy atom. The van der Waals surface area contributed by atoms with Gasteiger partial charge >= 0.3 is 0 Å². The van der Waals surface area contributed by atoms with Gasteiger partial charge in [-0.15, -0.1) is 0 Å². The SMILES string of the molecule is CN(c1ccc(F)cc1F)c1cc2cnc(NC(C)(C)CO)nc2n(C)c1=O. The molecule has 0 spiro atoms. The van der Waals surface area contributed by atoms with Gasteiger partial charge in [0.15, 0.2) is 0 Å². The minimum Gasteiger partial charge on any atom is -0.394 e. The fraction of sp³-hybridized carbons (Fsp3) is 0.316. The number of anilines is 3. The Balaban J connectivity index is 2.09. The number of rotatable bonds is 5. The van der Waals surface area contributed by atoms with Crippen LogP contribution in [0.3, 0.4) is 0 Å². The van der Waals surface area contributed by atoms with Crippen molar-refractivity contribution in [2.24, 2.45) is 7.05 Å². The van der Waals surface area contributed by atoms with E-state index in [1.807, 2.05) is 0 Å². The van der Waals surface area contributed by atoms with Gasteiger partial charge in [0.2, 0.25) is 5.95 Å². The van der Waals surface area contributed by atoms with Gasteiger partial charge in [-0.2, -0.15) is 4.98 Å².